The Balaban J connectivity index is 2.42. The number of hydrogen-bond donors (Lipinski definition) is 2. The summed E-state index contributed by atoms with van der Waals surface area (Å²) in [6, 6.07) is 7.37. The summed E-state index contributed by atoms with van der Waals surface area (Å²) in [5, 5.41) is 6.41. The van der Waals surface area contributed by atoms with Crippen molar-refractivity contribution in [1.82, 2.24) is 15.2 Å². The molecule has 19 heavy (non-hydrogen) atoms. The number of nitrogen functional groups attached to an aromatic ring is 1. The summed E-state index contributed by atoms with van der Waals surface area (Å²) in [4.78, 5) is 16.1. The van der Waals surface area contributed by atoms with Gasteiger partial charge in [-0.25, -0.2) is 0 Å². The lowest BCUT2D eigenvalue weighted by Crippen LogP contribution is -2.18. The molecule has 1 aromatic heterocycles. The van der Waals surface area contributed by atoms with Gasteiger partial charge in [0.2, 0.25) is 5.95 Å². The number of rotatable bonds is 4. The number of aromatic amines is 1. The number of carbonyl (C=O) groups excluding carboxylic acids is 1. The number of halogens is 1. The second kappa shape index (κ2) is 5.83. The summed E-state index contributed by atoms with van der Waals surface area (Å²) in [6.07, 6.45) is 0. The van der Waals surface area contributed by atoms with Crippen molar-refractivity contribution >= 4 is 27.8 Å². The zero-order chi connectivity index (χ0) is 13.8. The third-order valence-corrected chi connectivity index (χ3v) is 2.99. The van der Waals surface area contributed by atoms with E-state index >= 15 is 0 Å². The van der Waals surface area contributed by atoms with Crippen LogP contribution in [0.4, 0.5) is 5.95 Å². The van der Waals surface area contributed by atoms with Crippen molar-refractivity contribution in [2.45, 2.75) is 12.8 Å². The molecule has 2 rings (SSSR count). The molecule has 2 aromatic rings. The SMILES string of the molecule is CCOC(=O)C(c1cccc(Br)c1)c1nc(N)n[nH]1. The number of esters is 1. The summed E-state index contributed by atoms with van der Waals surface area (Å²) in [6.45, 7) is 2.05. The molecule has 0 bridgehead atoms. The van der Waals surface area contributed by atoms with E-state index in [-0.39, 0.29) is 5.95 Å². The van der Waals surface area contributed by atoms with Gasteiger partial charge in [0.05, 0.1) is 6.61 Å². The number of benzene rings is 1. The fraction of sp³-hybridized carbons (Fsp3) is 0.250. The zero-order valence-corrected chi connectivity index (χ0v) is 11.8. The second-order valence-electron chi connectivity index (χ2n) is 3.82. The molecule has 1 heterocycles. The largest absolute Gasteiger partial charge is 0.465 e. The van der Waals surface area contributed by atoms with Gasteiger partial charge in [0.1, 0.15) is 11.7 Å². The number of carbonyl (C=O) groups is 1. The summed E-state index contributed by atoms with van der Waals surface area (Å²) >= 11 is 3.37. The van der Waals surface area contributed by atoms with Gasteiger partial charge in [0.25, 0.3) is 0 Å². The fourth-order valence-electron chi connectivity index (χ4n) is 1.73. The highest BCUT2D eigenvalue weighted by Gasteiger charge is 2.27. The molecule has 0 amide bonds. The van der Waals surface area contributed by atoms with Gasteiger partial charge >= 0.3 is 5.97 Å². The van der Waals surface area contributed by atoms with Crippen molar-refractivity contribution in [3.8, 4) is 0 Å². The Labute approximate surface area is 118 Å². The molecule has 3 N–H and O–H groups in total. The van der Waals surface area contributed by atoms with Gasteiger partial charge in [-0.3, -0.25) is 9.89 Å². The van der Waals surface area contributed by atoms with E-state index in [9.17, 15) is 4.79 Å². The van der Waals surface area contributed by atoms with E-state index in [4.69, 9.17) is 10.5 Å². The lowest BCUT2D eigenvalue weighted by atomic mass is 9.99. The molecule has 0 radical (unpaired) electrons. The van der Waals surface area contributed by atoms with E-state index in [1.807, 2.05) is 24.3 Å². The lowest BCUT2D eigenvalue weighted by Gasteiger charge is -2.13. The van der Waals surface area contributed by atoms with Gasteiger partial charge in [-0.05, 0) is 24.6 Å². The number of ether oxygens (including phenoxy) is 1. The standard InChI is InChI=1S/C12H13BrN4O2/c1-2-19-11(18)9(10-15-12(14)17-16-10)7-4-3-5-8(13)6-7/h3-6,9H,2H2,1H3,(H3,14,15,16,17). The minimum Gasteiger partial charge on any atom is -0.465 e. The Morgan fingerprint density at radius 2 is 2.37 bits per heavy atom. The van der Waals surface area contributed by atoms with Crippen molar-refractivity contribution in [2.24, 2.45) is 0 Å². The molecule has 1 unspecified atom stereocenters. The van der Waals surface area contributed by atoms with E-state index in [1.165, 1.54) is 0 Å². The monoisotopic (exact) mass is 324 g/mol. The van der Waals surface area contributed by atoms with Crippen LogP contribution in [0.3, 0.4) is 0 Å². The Morgan fingerprint density at radius 3 is 2.95 bits per heavy atom. The van der Waals surface area contributed by atoms with Crippen molar-refractivity contribution in [3.63, 3.8) is 0 Å². The summed E-state index contributed by atoms with van der Waals surface area (Å²) in [7, 11) is 0. The van der Waals surface area contributed by atoms with E-state index in [0.717, 1.165) is 10.0 Å². The average Bonchev–Trinajstić information content (AvgIpc) is 2.76. The predicted octanol–water partition coefficient (Wildman–Crippen LogP) is 1.84. The number of anilines is 1. The first-order valence-corrected chi connectivity index (χ1v) is 6.51. The first-order valence-electron chi connectivity index (χ1n) is 5.71. The Morgan fingerprint density at radius 1 is 1.58 bits per heavy atom. The van der Waals surface area contributed by atoms with Crippen LogP contribution in [-0.4, -0.2) is 27.8 Å². The first kappa shape index (κ1) is 13.5. The van der Waals surface area contributed by atoms with Crippen LogP contribution in [0.15, 0.2) is 28.7 Å². The lowest BCUT2D eigenvalue weighted by molar-refractivity contribution is -0.144. The highest BCUT2D eigenvalue weighted by atomic mass is 79.9. The van der Waals surface area contributed by atoms with Crippen LogP contribution in [-0.2, 0) is 9.53 Å². The maximum atomic E-state index is 12.1. The molecule has 1 atom stereocenters. The molecule has 0 saturated heterocycles. The molecular formula is C12H13BrN4O2. The van der Waals surface area contributed by atoms with Crippen LogP contribution in [0, 0.1) is 0 Å². The Kier molecular flexibility index (Phi) is 4.16. The molecule has 0 spiro atoms. The number of aromatic nitrogens is 3. The fourth-order valence-corrected chi connectivity index (χ4v) is 2.15. The van der Waals surface area contributed by atoms with E-state index in [1.54, 1.807) is 6.92 Å². The minimum atomic E-state index is -0.665. The third-order valence-electron chi connectivity index (χ3n) is 2.50. The molecule has 0 aliphatic carbocycles. The summed E-state index contributed by atoms with van der Waals surface area (Å²) in [5.74, 6) is -0.590. The number of hydrogen-bond acceptors (Lipinski definition) is 5. The molecule has 0 fully saturated rings. The molecule has 100 valence electrons. The van der Waals surface area contributed by atoms with Crippen LogP contribution < -0.4 is 5.73 Å². The van der Waals surface area contributed by atoms with Gasteiger partial charge in [-0.2, -0.15) is 4.98 Å². The van der Waals surface area contributed by atoms with E-state index in [2.05, 4.69) is 31.1 Å². The van der Waals surface area contributed by atoms with E-state index < -0.39 is 11.9 Å². The van der Waals surface area contributed by atoms with Crippen LogP contribution in [0.5, 0.6) is 0 Å². The average molecular weight is 325 g/mol. The minimum absolute atomic E-state index is 0.0966. The molecule has 0 saturated carbocycles. The highest BCUT2D eigenvalue weighted by Crippen LogP contribution is 2.26. The maximum Gasteiger partial charge on any atom is 0.321 e. The van der Waals surface area contributed by atoms with Crippen molar-refractivity contribution in [2.75, 3.05) is 12.3 Å². The van der Waals surface area contributed by atoms with E-state index in [0.29, 0.717) is 12.4 Å². The van der Waals surface area contributed by atoms with Crippen LogP contribution in [0.25, 0.3) is 0 Å². The van der Waals surface area contributed by atoms with Crippen LogP contribution in [0.1, 0.15) is 24.2 Å². The van der Waals surface area contributed by atoms with Gasteiger partial charge < -0.3 is 10.5 Å². The third kappa shape index (κ3) is 3.11. The highest BCUT2D eigenvalue weighted by molar-refractivity contribution is 9.10. The molecular weight excluding hydrogens is 312 g/mol. The summed E-state index contributed by atoms with van der Waals surface area (Å²) < 4.78 is 5.95. The molecule has 1 aromatic carbocycles. The van der Waals surface area contributed by atoms with Crippen molar-refractivity contribution in [3.05, 3.63) is 40.1 Å². The van der Waals surface area contributed by atoms with Gasteiger partial charge in [0, 0.05) is 4.47 Å². The zero-order valence-electron chi connectivity index (χ0n) is 10.3. The summed E-state index contributed by atoms with van der Waals surface area (Å²) in [5.41, 5.74) is 6.24. The number of nitrogens with zero attached hydrogens (tertiary/aromatic N) is 2. The maximum absolute atomic E-state index is 12.1. The Hall–Kier alpha value is -1.89. The van der Waals surface area contributed by atoms with Crippen LogP contribution >= 0.6 is 15.9 Å². The smallest absolute Gasteiger partial charge is 0.321 e. The van der Waals surface area contributed by atoms with Gasteiger partial charge in [-0.1, -0.05) is 28.1 Å². The number of H-pyrrole nitrogens is 1. The molecule has 0 aliphatic heterocycles. The van der Waals surface area contributed by atoms with Crippen molar-refractivity contribution < 1.29 is 9.53 Å². The molecule has 6 nitrogen and oxygen atoms in total. The number of nitrogens with two attached hydrogens (primary N) is 1. The van der Waals surface area contributed by atoms with Crippen molar-refractivity contribution in [1.29, 1.82) is 0 Å². The Bertz CT molecular complexity index is 585. The van der Waals surface area contributed by atoms with Crippen LogP contribution in [0.2, 0.25) is 0 Å². The second-order valence-corrected chi connectivity index (χ2v) is 4.73. The topological polar surface area (TPSA) is 93.9 Å². The number of nitrogens with one attached hydrogen (secondary N) is 1. The quantitative estimate of drug-likeness (QED) is 0.837. The first-order chi connectivity index (χ1) is 9.11. The molecule has 0 aliphatic rings. The van der Waals surface area contributed by atoms with Gasteiger partial charge in [-0.15, -0.1) is 5.10 Å². The van der Waals surface area contributed by atoms with Gasteiger partial charge in [0.15, 0.2) is 0 Å². The molecule has 7 heteroatoms. The predicted molar refractivity (Wildman–Crippen MR) is 73.4 cm³/mol. The normalized spacial score (nSPS) is 12.1.